The third-order valence-electron chi connectivity index (χ3n) is 4.99. The summed E-state index contributed by atoms with van der Waals surface area (Å²) in [6.45, 7) is 3.50. The molecule has 0 saturated heterocycles. The Labute approximate surface area is 131 Å². The van der Waals surface area contributed by atoms with Crippen LogP contribution in [0.25, 0.3) is 0 Å². The predicted octanol–water partition coefficient (Wildman–Crippen LogP) is 2.96. The van der Waals surface area contributed by atoms with E-state index in [0.717, 1.165) is 25.4 Å². The van der Waals surface area contributed by atoms with Crippen molar-refractivity contribution < 1.29 is 0 Å². The van der Waals surface area contributed by atoms with Crippen LogP contribution >= 0.6 is 0 Å². The quantitative estimate of drug-likeness (QED) is 0.384. The van der Waals surface area contributed by atoms with E-state index in [1.54, 1.807) is 0 Å². The Kier molecular flexibility index (Phi) is 8.38. The maximum atomic E-state index is 5.95. The molecule has 3 heteroatoms. The lowest BCUT2D eigenvalue weighted by atomic mass is 10.0. The zero-order chi connectivity index (χ0) is 14.8. The first-order valence-electron chi connectivity index (χ1n) is 9.22. The normalized spacial score (nSPS) is 28.2. The fourth-order valence-corrected chi connectivity index (χ4v) is 3.59. The molecule has 2 aliphatic carbocycles. The molecular weight excluding hydrogens is 258 g/mol. The van der Waals surface area contributed by atoms with Gasteiger partial charge in [0, 0.05) is 12.1 Å². The van der Waals surface area contributed by atoms with Crippen LogP contribution in [-0.4, -0.2) is 31.7 Å². The molecule has 0 aromatic carbocycles. The van der Waals surface area contributed by atoms with Crippen LogP contribution in [-0.2, 0) is 0 Å². The van der Waals surface area contributed by atoms with Gasteiger partial charge < -0.3 is 16.4 Å². The minimum absolute atomic E-state index is 0.276. The average Bonchev–Trinajstić information content (AvgIpc) is 2.86. The van der Waals surface area contributed by atoms with Gasteiger partial charge in [-0.05, 0) is 64.1 Å². The molecule has 122 valence electrons. The summed E-state index contributed by atoms with van der Waals surface area (Å²) in [4.78, 5) is 0. The van der Waals surface area contributed by atoms with E-state index in [1.165, 1.54) is 64.3 Å². The van der Waals surface area contributed by atoms with Crippen molar-refractivity contribution in [2.24, 2.45) is 11.7 Å². The molecule has 3 nitrogen and oxygen atoms in total. The van der Waals surface area contributed by atoms with Crippen LogP contribution in [0.15, 0.2) is 12.2 Å². The second-order valence-corrected chi connectivity index (χ2v) is 6.96. The van der Waals surface area contributed by atoms with Crippen molar-refractivity contribution in [2.75, 3.05) is 19.6 Å². The molecule has 1 unspecified atom stereocenters. The van der Waals surface area contributed by atoms with Crippen LogP contribution in [0.5, 0.6) is 0 Å². The van der Waals surface area contributed by atoms with Crippen LogP contribution in [0, 0.1) is 5.92 Å². The third kappa shape index (κ3) is 7.44. The van der Waals surface area contributed by atoms with Crippen molar-refractivity contribution >= 4 is 0 Å². The number of hydrogen-bond donors (Lipinski definition) is 3. The topological polar surface area (TPSA) is 50.1 Å². The monoisotopic (exact) mass is 293 g/mol. The highest BCUT2D eigenvalue weighted by atomic mass is 14.9. The van der Waals surface area contributed by atoms with Crippen molar-refractivity contribution in [3.05, 3.63) is 12.2 Å². The molecule has 0 bridgehead atoms. The lowest BCUT2D eigenvalue weighted by molar-refractivity contribution is 0.420. The molecule has 4 N–H and O–H groups in total. The highest BCUT2D eigenvalue weighted by Gasteiger charge is 2.12. The standard InChI is InChI=1S/C18H35N3/c19-17-9-5-10-18(12-11-17)21-14-6-13-20-15-16-7-3-1-2-4-8-16/h11-12,16-18,20-21H,1-10,13-15,19H2/t17-,18?/m1/s1. The number of hydrogen-bond acceptors (Lipinski definition) is 3. The largest absolute Gasteiger partial charge is 0.324 e. The van der Waals surface area contributed by atoms with Crippen LogP contribution in [0.2, 0.25) is 0 Å². The Morgan fingerprint density at radius 1 is 0.857 bits per heavy atom. The van der Waals surface area contributed by atoms with E-state index < -0.39 is 0 Å². The van der Waals surface area contributed by atoms with E-state index in [2.05, 4.69) is 22.8 Å². The summed E-state index contributed by atoms with van der Waals surface area (Å²) in [5, 5.41) is 7.31. The molecule has 0 radical (unpaired) electrons. The Morgan fingerprint density at radius 3 is 2.48 bits per heavy atom. The van der Waals surface area contributed by atoms with Crippen LogP contribution < -0.4 is 16.4 Å². The van der Waals surface area contributed by atoms with Gasteiger partial charge in [0.15, 0.2) is 0 Å². The van der Waals surface area contributed by atoms with Gasteiger partial charge in [0.05, 0.1) is 0 Å². The lowest BCUT2D eigenvalue weighted by Gasteiger charge is -2.16. The molecule has 0 aliphatic heterocycles. The van der Waals surface area contributed by atoms with Gasteiger partial charge in [-0.2, -0.15) is 0 Å². The first-order valence-corrected chi connectivity index (χ1v) is 9.22. The molecule has 0 aromatic rings. The highest BCUT2D eigenvalue weighted by molar-refractivity contribution is 5.01. The number of nitrogens with two attached hydrogens (primary N) is 1. The molecule has 21 heavy (non-hydrogen) atoms. The Balaban J connectivity index is 1.47. The summed E-state index contributed by atoms with van der Waals surface area (Å²) < 4.78 is 0. The molecule has 2 atom stereocenters. The second-order valence-electron chi connectivity index (χ2n) is 6.96. The maximum absolute atomic E-state index is 5.95. The Hall–Kier alpha value is -0.380. The molecule has 0 aromatic heterocycles. The van der Waals surface area contributed by atoms with Crippen LogP contribution in [0.1, 0.15) is 64.2 Å². The molecule has 1 saturated carbocycles. The molecule has 0 amide bonds. The second kappa shape index (κ2) is 10.4. The minimum Gasteiger partial charge on any atom is -0.324 e. The van der Waals surface area contributed by atoms with Crippen LogP contribution in [0.4, 0.5) is 0 Å². The third-order valence-corrected chi connectivity index (χ3v) is 4.99. The average molecular weight is 293 g/mol. The van der Waals surface area contributed by atoms with E-state index in [-0.39, 0.29) is 6.04 Å². The molecule has 2 aliphatic rings. The molecule has 0 spiro atoms. The summed E-state index contributed by atoms with van der Waals surface area (Å²) >= 11 is 0. The summed E-state index contributed by atoms with van der Waals surface area (Å²) in [5.74, 6) is 0.937. The van der Waals surface area contributed by atoms with E-state index in [0.29, 0.717) is 6.04 Å². The predicted molar refractivity (Wildman–Crippen MR) is 91.4 cm³/mol. The molecular formula is C18H35N3. The van der Waals surface area contributed by atoms with Gasteiger partial charge in [0.2, 0.25) is 0 Å². The summed E-state index contributed by atoms with van der Waals surface area (Å²) in [5.41, 5.74) is 5.95. The fraction of sp³-hybridized carbons (Fsp3) is 0.889. The first-order chi connectivity index (χ1) is 10.3. The molecule has 2 rings (SSSR count). The zero-order valence-corrected chi connectivity index (χ0v) is 13.7. The summed E-state index contributed by atoms with van der Waals surface area (Å²) in [6, 6.07) is 0.818. The van der Waals surface area contributed by atoms with Crippen molar-refractivity contribution in [1.29, 1.82) is 0 Å². The van der Waals surface area contributed by atoms with E-state index in [1.807, 2.05) is 0 Å². The summed E-state index contributed by atoms with van der Waals surface area (Å²) in [7, 11) is 0. The molecule has 1 fully saturated rings. The van der Waals surface area contributed by atoms with Crippen molar-refractivity contribution in [1.82, 2.24) is 10.6 Å². The maximum Gasteiger partial charge on any atom is 0.0250 e. The van der Waals surface area contributed by atoms with Crippen molar-refractivity contribution in [3.63, 3.8) is 0 Å². The highest BCUT2D eigenvalue weighted by Crippen LogP contribution is 2.21. The fourth-order valence-electron chi connectivity index (χ4n) is 3.59. The van der Waals surface area contributed by atoms with E-state index in [9.17, 15) is 0 Å². The Bertz CT molecular complexity index is 282. The van der Waals surface area contributed by atoms with E-state index in [4.69, 9.17) is 5.73 Å². The zero-order valence-electron chi connectivity index (χ0n) is 13.7. The first kappa shape index (κ1) is 17.0. The van der Waals surface area contributed by atoms with Gasteiger partial charge in [0.1, 0.15) is 0 Å². The Morgan fingerprint density at radius 2 is 1.67 bits per heavy atom. The van der Waals surface area contributed by atoms with Gasteiger partial charge >= 0.3 is 0 Å². The van der Waals surface area contributed by atoms with Gasteiger partial charge in [0.25, 0.3) is 0 Å². The van der Waals surface area contributed by atoms with Gasteiger partial charge in [-0.1, -0.05) is 37.8 Å². The van der Waals surface area contributed by atoms with E-state index >= 15 is 0 Å². The molecule has 0 heterocycles. The smallest absolute Gasteiger partial charge is 0.0250 e. The SMILES string of the molecule is N[C@H]1C=CC(NCCCNCC2CCCCCC2)CCC1. The summed E-state index contributed by atoms with van der Waals surface area (Å²) in [6.07, 6.45) is 18.0. The van der Waals surface area contributed by atoms with Crippen LogP contribution in [0.3, 0.4) is 0 Å². The van der Waals surface area contributed by atoms with Gasteiger partial charge in [-0.3, -0.25) is 0 Å². The van der Waals surface area contributed by atoms with Gasteiger partial charge in [-0.25, -0.2) is 0 Å². The van der Waals surface area contributed by atoms with Crippen molar-refractivity contribution in [3.8, 4) is 0 Å². The number of rotatable bonds is 7. The lowest BCUT2D eigenvalue weighted by Crippen LogP contribution is -2.31. The van der Waals surface area contributed by atoms with Gasteiger partial charge in [-0.15, -0.1) is 0 Å². The minimum atomic E-state index is 0.276. The number of nitrogens with one attached hydrogen (secondary N) is 2. The van der Waals surface area contributed by atoms with Crippen molar-refractivity contribution in [2.45, 2.75) is 76.3 Å².